The minimum absolute atomic E-state index is 0.236. The van der Waals surface area contributed by atoms with Gasteiger partial charge in [0.05, 0.1) is 17.0 Å². The van der Waals surface area contributed by atoms with Gasteiger partial charge in [-0.25, -0.2) is 4.79 Å². The highest BCUT2D eigenvalue weighted by Crippen LogP contribution is 2.37. The van der Waals surface area contributed by atoms with Crippen LogP contribution in [0.25, 0.3) is 22.3 Å². The summed E-state index contributed by atoms with van der Waals surface area (Å²) in [7, 11) is 0. The monoisotopic (exact) mass is 718 g/mol. The van der Waals surface area contributed by atoms with Crippen molar-refractivity contribution in [3.63, 3.8) is 0 Å². The Balaban J connectivity index is 1.61. The van der Waals surface area contributed by atoms with Crippen molar-refractivity contribution in [3.8, 4) is 0 Å². The Bertz CT molecular complexity index is 2040. The van der Waals surface area contributed by atoms with Crippen molar-refractivity contribution in [2.45, 2.75) is 129 Å². The largest absolute Gasteiger partial charge is 0.478 e. The number of rotatable bonds is 17. The predicted molar refractivity (Wildman–Crippen MR) is 214 cm³/mol. The first-order valence-electron chi connectivity index (χ1n) is 20.1. The lowest BCUT2D eigenvalue weighted by atomic mass is 9.98. The molecule has 2 aliphatic heterocycles. The Morgan fingerprint density at radius 2 is 0.981 bits per heavy atom. The van der Waals surface area contributed by atoms with Crippen LogP contribution in [0.3, 0.4) is 0 Å². The molecule has 0 saturated carbocycles. The van der Waals surface area contributed by atoms with Crippen molar-refractivity contribution < 1.29 is 20.1 Å². The quantitative estimate of drug-likeness (QED) is 0.0550. The van der Waals surface area contributed by atoms with Gasteiger partial charge in [0.2, 0.25) is 0 Å². The number of H-pyrrole nitrogens is 3. The SMILES string of the molecule is CCCCCCC1=C2NC(=C(CCCCCC)c3ccc([nH]3)C(c3ccc(C(=O)O)cc3)=c3ccc([nH]3)=C(CCCCCC)c3ccc1[nH]3)[C@H](O)[C@@H]2O. The van der Waals surface area contributed by atoms with Gasteiger partial charge in [0.15, 0.2) is 0 Å². The van der Waals surface area contributed by atoms with E-state index >= 15 is 0 Å². The molecule has 8 bridgehead atoms. The number of aliphatic hydroxyl groups excluding tert-OH is 2. The molecule has 6 rings (SSSR count). The fourth-order valence-electron chi connectivity index (χ4n) is 7.96. The van der Waals surface area contributed by atoms with Crippen molar-refractivity contribution in [2.24, 2.45) is 0 Å². The zero-order valence-corrected chi connectivity index (χ0v) is 31.8. The number of aromatic amines is 3. The van der Waals surface area contributed by atoms with E-state index in [1.807, 2.05) is 12.1 Å². The minimum Gasteiger partial charge on any atom is -0.478 e. The molecule has 2 atom stereocenters. The van der Waals surface area contributed by atoms with E-state index in [-0.39, 0.29) is 5.56 Å². The summed E-state index contributed by atoms with van der Waals surface area (Å²) >= 11 is 0. The van der Waals surface area contributed by atoms with Crippen LogP contribution in [0.2, 0.25) is 0 Å². The van der Waals surface area contributed by atoms with Crippen LogP contribution in [0.5, 0.6) is 0 Å². The molecular formula is C45H58N4O4. The molecule has 0 amide bonds. The van der Waals surface area contributed by atoms with E-state index in [4.69, 9.17) is 0 Å². The molecule has 3 aromatic heterocycles. The average Bonchev–Trinajstić information content (AvgIpc) is 3.99. The first kappa shape index (κ1) is 38.2. The first-order valence-corrected chi connectivity index (χ1v) is 20.1. The zero-order chi connectivity index (χ0) is 37.3. The van der Waals surface area contributed by atoms with Crippen LogP contribution in [-0.2, 0) is 0 Å². The molecule has 0 spiro atoms. The summed E-state index contributed by atoms with van der Waals surface area (Å²) in [6, 6.07) is 19.8. The fourth-order valence-corrected chi connectivity index (χ4v) is 7.96. The van der Waals surface area contributed by atoms with E-state index in [0.717, 1.165) is 139 Å². The second-order valence-corrected chi connectivity index (χ2v) is 14.8. The summed E-state index contributed by atoms with van der Waals surface area (Å²) in [4.78, 5) is 23.1. The number of hydrogen-bond acceptors (Lipinski definition) is 4. The Hall–Kier alpha value is -4.53. The molecule has 7 N–H and O–H groups in total. The van der Waals surface area contributed by atoms with Gasteiger partial charge >= 0.3 is 5.97 Å². The number of aromatic carboxylic acids is 1. The lowest BCUT2D eigenvalue weighted by Gasteiger charge is -2.15. The molecule has 8 heteroatoms. The molecule has 1 fully saturated rings. The second-order valence-electron chi connectivity index (χ2n) is 14.8. The summed E-state index contributed by atoms with van der Waals surface area (Å²) in [5.74, 6) is -0.960. The van der Waals surface area contributed by atoms with Crippen molar-refractivity contribution in [1.82, 2.24) is 20.3 Å². The standard InChI is InChI=1S/C45H58N4O4/c1-4-7-10-13-16-31-34-23-24-36(46-34)32(17-14-11-8-5-2)41-43(50)44(51)42(49-41)33(18-15-12-9-6-3)37-26-28-39(48-37)40(38-27-25-35(31)47-38)29-19-21-30(22-20-29)45(52)53/h19-28,43-44,46-51H,4-18H2,1-3H3,(H,52,53)/t43-,44+/m1/s1. The van der Waals surface area contributed by atoms with Gasteiger partial charge in [0.1, 0.15) is 12.2 Å². The van der Waals surface area contributed by atoms with Gasteiger partial charge in [-0.3, -0.25) is 0 Å². The number of nitrogens with one attached hydrogen (secondary N) is 4. The van der Waals surface area contributed by atoms with Crippen LogP contribution < -0.4 is 16.0 Å². The van der Waals surface area contributed by atoms with E-state index in [1.54, 1.807) is 12.1 Å². The maximum absolute atomic E-state index is 11.8. The highest BCUT2D eigenvalue weighted by Gasteiger charge is 2.37. The zero-order valence-electron chi connectivity index (χ0n) is 31.8. The van der Waals surface area contributed by atoms with Crippen LogP contribution in [0, 0.1) is 0 Å². The third-order valence-electron chi connectivity index (χ3n) is 11.0. The number of unbranched alkanes of at least 4 members (excludes halogenated alkanes) is 9. The van der Waals surface area contributed by atoms with Crippen LogP contribution in [0.15, 0.2) is 72.1 Å². The predicted octanol–water partition coefficient (Wildman–Crippen LogP) is 8.49. The van der Waals surface area contributed by atoms with Crippen LogP contribution in [-0.4, -0.2) is 48.4 Å². The highest BCUT2D eigenvalue weighted by molar-refractivity contribution is 5.89. The maximum atomic E-state index is 11.8. The van der Waals surface area contributed by atoms with E-state index in [2.05, 4.69) is 77.4 Å². The summed E-state index contributed by atoms with van der Waals surface area (Å²) < 4.78 is 0. The smallest absolute Gasteiger partial charge is 0.335 e. The molecule has 0 radical (unpaired) electrons. The molecule has 4 aromatic rings. The Labute approximate surface area is 313 Å². The highest BCUT2D eigenvalue weighted by atomic mass is 16.4. The Kier molecular flexibility index (Phi) is 13.0. The molecule has 1 aromatic carbocycles. The van der Waals surface area contributed by atoms with Crippen LogP contribution in [0.1, 0.15) is 156 Å². The second kappa shape index (κ2) is 18.0. The average molecular weight is 719 g/mol. The molecular weight excluding hydrogens is 661 g/mol. The summed E-state index contributed by atoms with van der Waals surface area (Å²) in [6.07, 6.45) is 13.5. The van der Waals surface area contributed by atoms with E-state index in [9.17, 15) is 20.1 Å². The third-order valence-corrected chi connectivity index (χ3v) is 11.0. The number of hydrogen-bond donors (Lipinski definition) is 7. The molecule has 0 aliphatic carbocycles. The molecule has 282 valence electrons. The number of benzene rings is 1. The lowest BCUT2D eigenvalue weighted by molar-refractivity contribution is 0.0697. The van der Waals surface area contributed by atoms with Crippen LogP contribution in [0.4, 0.5) is 0 Å². The van der Waals surface area contributed by atoms with Gasteiger partial charge in [-0.05, 0) is 109 Å². The Morgan fingerprint density at radius 3 is 1.49 bits per heavy atom. The van der Waals surface area contributed by atoms with Gasteiger partial charge in [-0.1, -0.05) is 90.7 Å². The topological polar surface area (TPSA) is 137 Å². The molecule has 8 nitrogen and oxygen atoms in total. The number of allylic oxidation sites excluding steroid dienone is 2. The summed E-state index contributed by atoms with van der Waals surface area (Å²) in [5, 5.41) is 38.8. The summed E-state index contributed by atoms with van der Waals surface area (Å²) in [5.41, 5.74) is 10.3. The number of carboxylic acid groups (broad SMARTS) is 1. The number of aliphatic hydroxyl groups is 2. The maximum Gasteiger partial charge on any atom is 0.335 e. The van der Waals surface area contributed by atoms with Gasteiger partial charge < -0.3 is 35.6 Å². The summed E-state index contributed by atoms with van der Waals surface area (Å²) in [6.45, 7) is 6.65. The van der Waals surface area contributed by atoms with Crippen molar-refractivity contribution in [1.29, 1.82) is 0 Å². The normalized spacial score (nSPS) is 17.2. The number of carbonyl (C=O) groups is 1. The first-order chi connectivity index (χ1) is 25.8. The van der Waals surface area contributed by atoms with Gasteiger partial charge in [-0.2, -0.15) is 0 Å². The van der Waals surface area contributed by atoms with Gasteiger partial charge in [-0.15, -0.1) is 0 Å². The van der Waals surface area contributed by atoms with E-state index in [1.165, 1.54) is 18.4 Å². The van der Waals surface area contributed by atoms with Gasteiger partial charge in [0, 0.05) is 39.0 Å². The Morgan fingerprint density at radius 1 is 0.528 bits per heavy atom. The number of carboxylic acids is 1. The molecule has 0 unspecified atom stereocenters. The molecule has 1 saturated heterocycles. The fraction of sp³-hybridized carbons (Fsp3) is 0.444. The van der Waals surface area contributed by atoms with E-state index in [0.29, 0.717) is 11.4 Å². The van der Waals surface area contributed by atoms with Crippen LogP contribution >= 0.6 is 0 Å². The van der Waals surface area contributed by atoms with Crippen molar-refractivity contribution >= 4 is 28.3 Å². The van der Waals surface area contributed by atoms with Crippen molar-refractivity contribution in [2.75, 3.05) is 0 Å². The lowest BCUT2D eigenvalue weighted by Crippen LogP contribution is -2.22. The minimum atomic E-state index is -1.09. The number of fused-ring (bicyclic) bond motifs is 8. The van der Waals surface area contributed by atoms with Crippen molar-refractivity contribution in [3.05, 3.63) is 117 Å². The number of aromatic nitrogens is 3. The molecule has 2 aliphatic rings. The van der Waals surface area contributed by atoms with E-state index < -0.39 is 18.2 Å². The molecule has 53 heavy (non-hydrogen) atoms. The van der Waals surface area contributed by atoms with Gasteiger partial charge in [0.25, 0.3) is 0 Å². The molecule has 5 heterocycles. The third kappa shape index (κ3) is 8.66.